The lowest BCUT2D eigenvalue weighted by atomic mass is 10.0. The molecule has 0 radical (unpaired) electrons. The van der Waals surface area contributed by atoms with Gasteiger partial charge in [-0.25, -0.2) is 4.98 Å². The van der Waals surface area contributed by atoms with E-state index in [9.17, 15) is 0 Å². The molecule has 4 heterocycles. The SMILES string of the molecule is c1ccc(-c2cc(-c3ccccc3)nc(-n3c4ccccc4c4cc(-c5nnc(-c6ccc7c(c6)[nH]c6ccccc67)s5)ccc43)c2)cc1. The maximum atomic E-state index is 5.26. The van der Waals surface area contributed by atoms with E-state index < -0.39 is 0 Å². The number of aromatic amines is 1. The Kier molecular flexibility index (Phi) is 6.29. The molecule has 5 nitrogen and oxygen atoms in total. The Morgan fingerprint density at radius 2 is 1.06 bits per heavy atom. The van der Waals surface area contributed by atoms with Gasteiger partial charge in [-0.3, -0.25) is 4.57 Å². The molecule has 0 fully saturated rings. The van der Waals surface area contributed by atoms with Gasteiger partial charge in [0.2, 0.25) is 0 Å². The van der Waals surface area contributed by atoms with Crippen LogP contribution in [0.2, 0.25) is 0 Å². The van der Waals surface area contributed by atoms with Gasteiger partial charge in [0.25, 0.3) is 0 Å². The maximum Gasteiger partial charge on any atom is 0.148 e. The van der Waals surface area contributed by atoms with Crippen LogP contribution in [-0.4, -0.2) is 24.7 Å². The molecule has 10 aromatic rings. The van der Waals surface area contributed by atoms with Gasteiger partial charge in [0, 0.05) is 49.3 Å². The number of nitrogens with zero attached hydrogens (tertiary/aromatic N) is 4. The highest BCUT2D eigenvalue weighted by Crippen LogP contribution is 2.38. The van der Waals surface area contributed by atoms with Crippen LogP contribution in [0.3, 0.4) is 0 Å². The summed E-state index contributed by atoms with van der Waals surface area (Å²) < 4.78 is 2.29. The van der Waals surface area contributed by atoms with Crippen molar-refractivity contribution >= 4 is 54.9 Å². The number of pyridine rings is 1. The molecule has 0 aliphatic heterocycles. The molecule has 0 bridgehead atoms. The summed E-state index contributed by atoms with van der Waals surface area (Å²) in [5.41, 5.74) is 10.8. The van der Waals surface area contributed by atoms with E-state index in [4.69, 9.17) is 4.98 Å². The van der Waals surface area contributed by atoms with Crippen LogP contribution >= 0.6 is 11.3 Å². The maximum absolute atomic E-state index is 5.26. The third kappa shape index (κ3) is 4.65. The predicted octanol–water partition coefficient (Wildman–Crippen LogP) is 11.3. The average Bonchev–Trinajstić information content (AvgIpc) is 3.89. The lowest BCUT2D eigenvalue weighted by molar-refractivity contribution is 1.08. The molecule has 0 atom stereocenters. The Labute approximate surface area is 285 Å². The predicted molar refractivity (Wildman–Crippen MR) is 203 cm³/mol. The summed E-state index contributed by atoms with van der Waals surface area (Å²) in [4.78, 5) is 8.82. The Hall–Kier alpha value is -6.37. The molecular formula is C43H27N5S. The summed E-state index contributed by atoms with van der Waals surface area (Å²) >= 11 is 1.62. The average molecular weight is 646 g/mol. The molecule has 0 saturated carbocycles. The third-order valence-electron chi connectivity index (χ3n) is 9.32. The molecule has 0 aliphatic carbocycles. The number of hydrogen-bond acceptors (Lipinski definition) is 4. The van der Waals surface area contributed by atoms with Gasteiger partial charge in [-0.1, -0.05) is 121 Å². The van der Waals surface area contributed by atoms with Gasteiger partial charge in [0.15, 0.2) is 0 Å². The minimum absolute atomic E-state index is 0.879. The lowest BCUT2D eigenvalue weighted by Gasteiger charge is -2.13. The zero-order valence-electron chi connectivity index (χ0n) is 26.2. The minimum Gasteiger partial charge on any atom is -0.354 e. The van der Waals surface area contributed by atoms with E-state index in [1.54, 1.807) is 11.3 Å². The van der Waals surface area contributed by atoms with Crippen LogP contribution in [-0.2, 0) is 0 Å². The van der Waals surface area contributed by atoms with E-state index >= 15 is 0 Å². The van der Waals surface area contributed by atoms with E-state index in [2.05, 4.69) is 171 Å². The zero-order valence-corrected chi connectivity index (χ0v) is 27.0. The normalized spacial score (nSPS) is 11.7. The summed E-state index contributed by atoms with van der Waals surface area (Å²) in [6, 6.07) is 55.4. The van der Waals surface area contributed by atoms with E-state index in [0.29, 0.717) is 0 Å². The number of aromatic nitrogens is 5. The van der Waals surface area contributed by atoms with Crippen molar-refractivity contribution in [2.75, 3.05) is 0 Å². The van der Waals surface area contributed by atoms with Gasteiger partial charge in [0.1, 0.15) is 15.8 Å². The van der Waals surface area contributed by atoms with Crippen molar-refractivity contribution in [1.82, 2.24) is 24.7 Å². The van der Waals surface area contributed by atoms with Crippen molar-refractivity contribution in [3.63, 3.8) is 0 Å². The Morgan fingerprint density at radius 1 is 0.429 bits per heavy atom. The number of fused-ring (bicyclic) bond motifs is 6. The van der Waals surface area contributed by atoms with Gasteiger partial charge in [-0.2, -0.15) is 0 Å². The van der Waals surface area contributed by atoms with Crippen LogP contribution in [0.25, 0.3) is 93.0 Å². The van der Waals surface area contributed by atoms with Crippen LogP contribution in [0.15, 0.2) is 158 Å². The fourth-order valence-electron chi connectivity index (χ4n) is 6.98. The molecule has 0 amide bonds. The molecule has 1 N–H and O–H groups in total. The van der Waals surface area contributed by atoms with Crippen LogP contribution < -0.4 is 0 Å². The lowest BCUT2D eigenvalue weighted by Crippen LogP contribution is -2.00. The Balaban J connectivity index is 1.10. The Morgan fingerprint density at radius 3 is 1.88 bits per heavy atom. The minimum atomic E-state index is 0.879. The summed E-state index contributed by atoms with van der Waals surface area (Å²) in [6.07, 6.45) is 0. The van der Waals surface area contributed by atoms with Crippen molar-refractivity contribution in [2.45, 2.75) is 0 Å². The largest absolute Gasteiger partial charge is 0.354 e. The number of H-pyrrole nitrogens is 1. The zero-order chi connectivity index (χ0) is 32.3. The molecule has 0 unspecified atom stereocenters. The number of nitrogens with one attached hydrogen (secondary N) is 1. The van der Waals surface area contributed by atoms with E-state index in [-0.39, 0.29) is 0 Å². The van der Waals surface area contributed by atoms with Crippen molar-refractivity contribution in [3.05, 3.63) is 158 Å². The second kappa shape index (κ2) is 11.1. The summed E-state index contributed by atoms with van der Waals surface area (Å²) in [5.74, 6) is 0.879. The quantitative estimate of drug-likeness (QED) is 0.203. The first kappa shape index (κ1) is 27.7. The van der Waals surface area contributed by atoms with Crippen LogP contribution in [0, 0.1) is 0 Å². The van der Waals surface area contributed by atoms with Crippen molar-refractivity contribution in [1.29, 1.82) is 0 Å². The molecule has 10 rings (SSSR count). The molecule has 230 valence electrons. The van der Waals surface area contributed by atoms with E-state index in [1.807, 2.05) is 6.07 Å². The fraction of sp³-hybridized carbons (Fsp3) is 0. The third-order valence-corrected chi connectivity index (χ3v) is 10.3. The summed E-state index contributed by atoms with van der Waals surface area (Å²) in [5, 5.41) is 15.9. The fourth-order valence-corrected chi connectivity index (χ4v) is 7.82. The first-order valence-electron chi connectivity index (χ1n) is 16.3. The van der Waals surface area contributed by atoms with Gasteiger partial charge in [-0.05, 0) is 59.7 Å². The smallest absolute Gasteiger partial charge is 0.148 e. The number of para-hydroxylation sites is 2. The molecule has 0 spiro atoms. The monoisotopic (exact) mass is 645 g/mol. The van der Waals surface area contributed by atoms with E-state index in [0.717, 1.165) is 76.8 Å². The topological polar surface area (TPSA) is 59.4 Å². The van der Waals surface area contributed by atoms with Gasteiger partial charge < -0.3 is 4.98 Å². The highest BCUT2D eigenvalue weighted by atomic mass is 32.1. The highest BCUT2D eigenvalue weighted by molar-refractivity contribution is 7.17. The summed E-state index contributed by atoms with van der Waals surface area (Å²) in [7, 11) is 0. The molecule has 0 aliphatic rings. The van der Waals surface area contributed by atoms with Gasteiger partial charge >= 0.3 is 0 Å². The molecule has 49 heavy (non-hydrogen) atoms. The van der Waals surface area contributed by atoms with Gasteiger partial charge in [-0.15, -0.1) is 10.2 Å². The van der Waals surface area contributed by atoms with Crippen molar-refractivity contribution < 1.29 is 0 Å². The second-order valence-electron chi connectivity index (χ2n) is 12.3. The van der Waals surface area contributed by atoms with Crippen LogP contribution in [0.4, 0.5) is 0 Å². The first-order chi connectivity index (χ1) is 24.3. The second-order valence-corrected chi connectivity index (χ2v) is 13.2. The Bertz CT molecular complexity index is 2770. The first-order valence-corrected chi connectivity index (χ1v) is 17.1. The number of rotatable bonds is 5. The molecule has 6 heteroatoms. The highest BCUT2D eigenvalue weighted by Gasteiger charge is 2.18. The molecular weight excluding hydrogens is 619 g/mol. The van der Waals surface area contributed by atoms with Crippen LogP contribution in [0.1, 0.15) is 0 Å². The van der Waals surface area contributed by atoms with Crippen molar-refractivity contribution in [2.24, 2.45) is 0 Å². The molecule has 0 saturated heterocycles. The van der Waals surface area contributed by atoms with Crippen LogP contribution in [0.5, 0.6) is 0 Å². The van der Waals surface area contributed by atoms with Crippen molar-refractivity contribution in [3.8, 4) is 49.3 Å². The standard InChI is InChI=1S/C43H27N5S/c1-3-11-27(12-4-1)31-25-37(28-13-5-2-6-14-28)45-41(26-31)48-39-18-10-8-16-34(39)35-23-29(20-22-40(35)48)42-46-47-43(49-42)30-19-21-33-32-15-7-9-17-36(32)44-38(33)24-30/h1-26,44H. The van der Waals surface area contributed by atoms with E-state index in [1.165, 1.54) is 16.2 Å². The number of benzene rings is 6. The van der Waals surface area contributed by atoms with Gasteiger partial charge in [0.05, 0.1) is 16.7 Å². The molecule has 4 aromatic heterocycles. The summed E-state index contributed by atoms with van der Waals surface area (Å²) in [6.45, 7) is 0. The number of hydrogen-bond donors (Lipinski definition) is 1. The molecule has 6 aromatic carbocycles.